The fourth-order valence-corrected chi connectivity index (χ4v) is 3.12. The number of esters is 1. The van der Waals surface area contributed by atoms with Gasteiger partial charge in [-0.05, 0) is 52.9 Å². The number of ether oxygens (including phenoxy) is 2. The lowest BCUT2D eigenvalue weighted by Gasteiger charge is -2.05. The van der Waals surface area contributed by atoms with Gasteiger partial charge >= 0.3 is 5.97 Å². The third kappa shape index (κ3) is 4.79. The Morgan fingerprint density at radius 3 is 2.79 bits per heavy atom. The molecule has 146 valence electrons. The molecule has 2 heterocycles. The summed E-state index contributed by atoms with van der Waals surface area (Å²) in [6.07, 6.45) is 1.44. The van der Waals surface area contributed by atoms with Gasteiger partial charge in [0.05, 0.1) is 16.9 Å². The van der Waals surface area contributed by atoms with Gasteiger partial charge in [-0.25, -0.2) is 18.9 Å². The minimum Gasteiger partial charge on any atom is -0.486 e. The lowest BCUT2D eigenvalue weighted by atomic mass is 10.2. The minimum absolute atomic E-state index is 0.0426. The number of halogens is 1. The van der Waals surface area contributed by atoms with Crippen LogP contribution in [0.15, 0.2) is 60.2 Å². The molecule has 2 aromatic carbocycles. The van der Waals surface area contributed by atoms with Crippen LogP contribution in [0.3, 0.4) is 0 Å². The first-order valence-electron chi connectivity index (χ1n) is 8.49. The highest BCUT2D eigenvalue weighted by Crippen LogP contribution is 2.17. The topological polar surface area (TPSA) is 92.0 Å². The van der Waals surface area contributed by atoms with Crippen LogP contribution in [0.5, 0.6) is 5.75 Å². The molecule has 29 heavy (non-hydrogen) atoms. The second kappa shape index (κ2) is 8.57. The van der Waals surface area contributed by atoms with Gasteiger partial charge in [-0.15, -0.1) is 16.4 Å². The van der Waals surface area contributed by atoms with E-state index in [4.69, 9.17) is 9.47 Å². The summed E-state index contributed by atoms with van der Waals surface area (Å²) in [5.74, 6) is -0.242. The average Bonchev–Trinajstić information content (AvgIpc) is 3.44. The molecule has 0 atom stereocenters. The molecule has 0 unspecified atom stereocenters. The van der Waals surface area contributed by atoms with Crippen molar-refractivity contribution in [3.05, 3.63) is 82.3 Å². The highest BCUT2D eigenvalue weighted by molar-refractivity contribution is 7.09. The third-order valence-electron chi connectivity index (χ3n) is 3.82. The lowest BCUT2D eigenvalue weighted by Crippen LogP contribution is -2.07. The second-order valence-corrected chi connectivity index (χ2v) is 6.80. The molecule has 0 aliphatic rings. The first kappa shape index (κ1) is 18.7. The molecule has 4 rings (SSSR count). The standard InChI is InChI=1S/C19H14FN5O3S/c20-14-4-6-17(7-5-14)27-10-18-22-15(11-29-18)9-28-19(26)13-2-1-3-16(8-13)25-12-21-23-24-25/h1-8,11-12H,9-10H2. The van der Waals surface area contributed by atoms with E-state index in [2.05, 4.69) is 20.5 Å². The molecule has 10 heteroatoms. The number of nitrogens with zero attached hydrogens (tertiary/aromatic N) is 5. The first-order valence-corrected chi connectivity index (χ1v) is 9.37. The van der Waals surface area contributed by atoms with Crippen molar-refractivity contribution in [3.8, 4) is 11.4 Å². The number of aromatic nitrogens is 5. The maximum Gasteiger partial charge on any atom is 0.338 e. The number of thiazole rings is 1. The normalized spacial score (nSPS) is 10.7. The maximum atomic E-state index is 12.9. The molecule has 0 bridgehead atoms. The fourth-order valence-electron chi connectivity index (χ4n) is 2.44. The van der Waals surface area contributed by atoms with E-state index >= 15 is 0 Å². The van der Waals surface area contributed by atoms with Gasteiger partial charge in [0, 0.05) is 5.38 Å². The van der Waals surface area contributed by atoms with Crippen molar-refractivity contribution in [1.82, 2.24) is 25.2 Å². The minimum atomic E-state index is -0.475. The van der Waals surface area contributed by atoms with Crippen molar-refractivity contribution in [2.75, 3.05) is 0 Å². The summed E-state index contributed by atoms with van der Waals surface area (Å²) in [5.41, 5.74) is 1.66. The van der Waals surface area contributed by atoms with Crippen LogP contribution in [0.2, 0.25) is 0 Å². The van der Waals surface area contributed by atoms with Crippen LogP contribution in [-0.2, 0) is 18.0 Å². The Balaban J connectivity index is 1.32. The van der Waals surface area contributed by atoms with Crippen LogP contribution in [0, 0.1) is 5.82 Å². The quantitative estimate of drug-likeness (QED) is 0.431. The lowest BCUT2D eigenvalue weighted by molar-refractivity contribution is 0.0468. The Morgan fingerprint density at radius 2 is 2.00 bits per heavy atom. The van der Waals surface area contributed by atoms with Crippen molar-refractivity contribution in [2.45, 2.75) is 13.2 Å². The van der Waals surface area contributed by atoms with Gasteiger partial charge in [0.2, 0.25) is 0 Å². The van der Waals surface area contributed by atoms with Crippen molar-refractivity contribution < 1.29 is 18.7 Å². The molecule has 0 radical (unpaired) electrons. The highest BCUT2D eigenvalue weighted by Gasteiger charge is 2.11. The zero-order chi connectivity index (χ0) is 20.1. The number of carbonyl (C=O) groups is 1. The maximum absolute atomic E-state index is 12.9. The molecule has 0 saturated heterocycles. The van der Waals surface area contributed by atoms with Crippen LogP contribution < -0.4 is 4.74 Å². The van der Waals surface area contributed by atoms with Crippen molar-refractivity contribution in [1.29, 1.82) is 0 Å². The second-order valence-electron chi connectivity index (χ2n) is 5.86. The smallest absolute Gasteiger partial charge is 0.338 e. The van der Waals surface area contributed by atoms with Gasteiger partial charge in [0.25, 0.3) is 0 Å². The molecule has 0 aliphatic heterocycles. The van der Waals surface area contributed by atoms with Gasteiger partial charge in [0.15, 0.2) is 0 Å². The van der Waals surface area contributed by atoms with Gasteiger partial charge in [-0.2, -0.15) is 0 Å². The molecule has 0 N–H and O–H groups in total. The summed E-state index contributed by atoms with van der Waals surface area (Å²) in [4.78, 5) is 16.7. The first-order chi connectivity index (χ1) is 14.2. The van der Waals surface area contributed by atoms with E-state index in [1.807, 2.05) is 0 Å². The Morgan fingerprint density at radius 1 is 1.14 bits per heavy atom. The number of tetrazole rings is 1. The molecule has 2 aromatic heterocycles. The Kier molecular flexibility index (Phi) is 5.52. The van der Waals surface area contributed by atoms with E-state index in [1.165, 1.54) is 34.5 Å². The molecular formula is C19H14FN5O3S. The number of carbonyl (C=O) groups excluding carboxylic acids is 1. The molecule has 0 saturated carbocycles. The van der Waals surface area contributed by atoms with Crippen LogP contribution in [0.1, 0.15) is 21.1 Å². The number of rotatable bonds is 7. The summed E-state index contributed by atoms with van der Waals surface area (Å²) in [5, 5.41) is 13.5. The molecular weight excluding hydrogens is 397 g/mol. The molecule has 0 amide bonds. The summed E-state index contributed by atoms with van der Waals surface area (Å²) < 4.78 is 25.2. The molecule has 8 nitrogen and oxygen atoms in total. The number of hydrogen-bond donors (Lipinski definition) is 0. The predicted octanol–water partition coefficient (Wildman–Crippen LogP) is 3.19. The van der Waals surface area contributed by atoms with E-state index in [0.717, 1.165) is 5.01 Å². The Bertz CT molecular complexity index is 1100. The van der Waals surface area contributed by atoms with E-state index in [9.17, 15) is 9.18 Å². The largest absolute Gasteiger partial charge is 0.486 e. The van der Waals surface area contributed by atoms with Gasteiger partial charge in [0.1, 0.15) is 36.1 Å². The molecule has 0 fully saturated rings. The summed E-state index contributed by atoms with van der Waals surface area (Å²) in [6.45, 7) is 0.291. The van der Waals surface area contributed by atoms with Crippen molar-refractivity contribution >= 4 is 17.3 Å². The van der Waals surface area contributed by atoms with Crippen LogP contribution in [-0.4, -0.2) is 31.2 Å². The van der Waals surface area contributed by atoms with Crippen LogP contribution >= 0.6 is 11.3 Å². The molecule has 4 aromatic rings. The highest BCUT2D eigenvalue weighted by atomic mass is 32.1. The van der Waals surface area contributed by atoms with Crippen molar-refractivity contribution in [3.63, 3.8) is 0 Å². The van der Waals surface area contributed by atoms with Gasteiger partial charge in [-0.3, -0.25) is 0 Å². The molecule has 0 spiro atoms. The summed E-state index contributed by atoms with van der Waals surface area (Å²) in [6, 6.07) is 12.6. The van der Waals surface area contributed by atoms with Gasteiger partial charge in [-0.1, -0.05) is 6.07 Å². The Hall–Kier alpha value is -3.66. The monoisotopic (exact) mass is 411 g/mol. The SMILES string of the molecule is O=C(OCc1csc(COc2ccc(F)cc2)n1)c1cccc(-n2cnnn2)c1. The van der Waals surface area contributed by atoms with Gasteiger partial charge < -0.3 is 9.47 Å². The van der Waals surface area contributed by atoms with Crippen LogP contribution in [0.4, 0.5) is 4.39 Å². The van der Waals surface area contributed by atoms with E-state index in [-0.39, 0.29) is 19.0 Å². The summed E-state index contributed by atoms with van der Waals surface area (Å²) >= 11 is 1.39. The zero-order valence-electron chi connectivity index (χ0n) is 14.9. The van der Waals surface area contributed by atoms with E-state index in [0.29, 0.717) is 22.7 Å². The third-order valence-corrected chi connectivity index (χ3v) is 4.69. The Labute approximate surface area is 168 Å². The van der Waals surface area contributed by atoms with Crippen molar-refractivity contribution in [2.24, 2.45) is 0 Å². The van der Waals surface area contributed by atoms with E-state index in [1.54, 1.807) is 41.8 Å². The fraction of sp³-hybridized carbons (Fsp3) is 0.105. The molecule has 0 aliphatic carbocycles. The van der Waals surface area contributed by atoms with E-state index < -0.39 is 5.97 Å². The van der Waals surface area contributed by atoms with Crippen LogP contribution in [0.25, 0.3) is 5.69 Å². The zero-order valence-corrected chi connectivity index (χ0v) is 15.8. The average molecular weight is 411 g/mol. The number of hydrogen-bond acceptors (Lipinski definition) is 8. The number of benzene rings is 2. The predicted molar refractivity (Wildman–Crippen MR) is 101 cm³/mol. The summed E-state index contributed by atoms with van der Waals surface area (Å²) in [7, 11) is 0.